The van der Waals surface area contributed by atoms with Gasteiger partial charge in [-0.15, -0.1) is 11.6 Å². The lowest BCUT2D eigenvalue weighted by Gasteiger charge is -2.04. The fourth-order valence-electron chi connectivity index (χ4n) is 1.66. The molecular formula is C12H11ClN2O2. The van der Waals surface area contributed by atoms with E-state index in [4.69, 9.17) is 11.6 Å². The highest BCUT2D eigenvalue weighted by molar-refractivity contribution is 6.17. The van der Waals surface area contributed by atoms with Crippen LogP contribution in [0, 0.1) is 0 Å². The number of aromatic amines is 1. The second-order valence-corrected chi connectivity index (χ2v) is 3.90. The van der Waals surface area contributed by atoms with Gasteiger partial charge in [-0.25, -0.2) is 0 Å². The van der Waals surface area contributed by atoms with Crippen molar-refractivity contribution in [3.05, 3.63) is 45.7 Å². The van der Waals surface area contributed by atoms with Crippen molar-refractivity contribution in [2.45, 2.75) is 5.88 Å². The van der Waals surface area contributed by atoms with E-state index in [1.807, 2.05) is 0 Å². The molecule has 1 heterocycles. The average Bonchev–Trinajstić information content (AvgIpc) is 2.37. The standard InChI is InChI=1S/C12H11ClN2O2/c1-14-12(17)7-2-3-10-9(4-7)11(16)5-8(6-13)15-10/h2-5H,6H2,1H3,(H,14,17)(H,15,16). The third-order valence-corrected chi connectivity index (χ3v) is 2.81. The number of rotatable bonds is 2. The van der Waals surface area contributed by atoms with Crippen molar-refractivity contribution in [2.24, 2.45) is 0 Å². The summed E-state index contributed by atoms with van der Waals surface area (Å²) in [5.74, 6) is 0.0373. The maximum absolute atomic E-state index is 11.8. The van der Waals surface area contributed by atoms with E-state index in [1.54, 1.807) is 25.2 Å². The van der Waals surface area contributed by atoms with Crippen LogP contribution in [0.25, 0.3) is 10.9 Å². The summed E-state index contributed by atoms with van der Waals surface area (Å²) in [7, 11) is 1.55. The molecular weight excluding hydrogens is 240 g/mol. The number of aromatic nitrogens is 1. The maximum atomic E-state index is 11.8. The number of halogens is 1. The Hall–Kier alpha value is -1.81. The van der Waals surface area contributed by atoms with Crippen LogP contribution in [-0.2, 0) is 5.88 Å². The molecule has 5 heteroatoms. The van der Waals surface area contributed by atoms with Crippen LogP contribution in [0.5, 0.6) is 0 Å². The van der Waals surface area contributed by atoms with Crippen LogP contribution in [0.1, 0.15) is 16.1 Å². The molecule has 0 spiro atoms. The number of benzene rings is 1. The quantitative estimate of drug-likeness (QED) is 0.796. The molecule has 0 aliphatic heterocycles. The minimum Gasteiger partial charge on any atom is -0.357 e. The van der Waals surface area contributed by atoms with Gasteiger partial charge in [0.05, 0.1) is 5.88 Å². The summed E-state index contributed by atoms with van der Waals surface area (Å²) in [6, 6.07) is 6.39. The maximum Gasteiger partial charge on any atom is 0.251 e. The van der Waals surface area contributed by atoms with E-state index in [1.165, 1.54) is 6.07 Å². The molecule has 0 radical (unpaired) electrons. The summed E-state index contributed by atoms with van der Waals surface area (Å²) in [5, 5.41) is 3.00. The highest BCUT2D eigenvalue weighted by Gasteiger charge is 2.07. The van der Waals surface area contributed by atoms with Crippen LogP contribution in [0.2, 0.25) is 0 Å². The Bertz CT molecular complexity index is 634. The first-order valence-electron chi connectivity index (χ1n) is 5.09. The van der Waals surface area contributed by atoms with E-state index in [2.05, 4.69) is 10.3 Å². The zero-order valence-electron chi connectivity index (χ0n) is 9.21. The number of H-pyrrole nitrogens is 1. The Kier molecular flexibility index (Phi) is 3.15. The van der Waals surface area contributed by atoms with Crippen LogP contribution >= 0.6 is 11.6 Å². The predicted molar refractivity (Wildman–Crippen MR) is 67.5 cm³/mol. The number of pyridine rings is 1. The molecule has 0 fully saturated rings. The van der Waals surface area contributed by atoms with Gasteiger partial charge in [0.2, 0.25) is 0 Å². The Morgan fingerprint density at radius 1 is 1.41 bits per heavy atom. The number of carbonyl (C=O) groups is 1. The number of hydrogen-bond acceptors (Lipinski definition) is 2. The first kappa shape index (κ1) is 11.7. The van der Waals surface area contributed by atoms with Gasteiger partial charge < -0.3 is 10.3 Å². The van der Waals surface area contributed by atoms with Crippen molar-refractivity contribution in [3.63, 3.8) is 0 Å². The molecule has 88 valence electrons. The van der Waals surface area contributed by atoms with Crippen molar-refractivity contribution in [1.82, 2.24) is 10.3 Å². The van der Waals surface area contributed by atoms with Gasteiger partial charge in [0.15, 0.2) is 5.43 Å². The SMILES string of the molecule is CNC(=O)c1ccc2[nH]c(CCl)cc(=O)c2c1. The molecule has 2 N–H and O–H groups in total. The van der Waals surface area contributed by atoms with Crippen LogP contribution in [0.15, 0.2) is 29.1 Å². The molecule has 0 atom stereocenters. The molecule has 0 aliphatic rings. The van der Waals surface area contributed by atoms with Gasteiger partial charge in [0.1, 0.15) is 0 Å². The molecule has 0 saturated carbocycles. The van der Waals surface area contributed by atoms with Gasteiger partial charge in [0, 0.05) is 35.3 Å². The second-order valence-electron chi connectivity index (χ2n) is 3.63. The Labute approximate surface area is 103 Å². The molecule has 17 heavy (non-hydrogen) atoms. The third kappa shape index (κ3) is 2.17. The van der Waals surface area contributed by atoms with E-state index in [0.717, 1.165) is 0 Å². The van der Waals surface area contributed by atoms with Crippen molar-refractivity contribution >= 4 is 28.4 Å². The molecule has 1 amide bonds. The summed E-state index contributed by atoms with van der Waals surface area (Å²) in [4.78, 5) is 26.3. The van der Waals surface area contributed by atoms with Gasteiger partial charge in [-0.1, -0.05) is 0 Å². The third-order valence-electron chi connectivity index (χ3n) is 2.52. The van der Waals surface area contributed by atoms with E-state index >= 15 is 0 Å². The first-order valence-corrected chi connectivity index (χ1v) is 5.63. The Morgan fingerprint density at radius 3 is 2.82 bits per heavy atom. The highest BCUT2D eigenvalue weighted by Crippen LogP contribution is 2.12. The largest absolute Gasteiger partial charge is 0.357 e. The van der Waals surface area contributed by atoms with Gasteiger partial charge in [0.25, 0.3) is 5.91 Å². The normalized spacial score (nSPS) is 10.5. The number of amides is 1. The summed E-state index contributed by atoms with van der Waals surface area (Å²) in [6.07, 6.45) is 0. The molecule has 0 aliphatic carbocycles. The smallest absolute Gasteiger partial charge is 0.251 e. The van der Waals surface area contributed by atoms with Crippen molar-refractivity contribution < 1.29 is 4.79 Å². The van der Waals surface area contributed by atoms with Gasteiger partial charge in [-0.05, 0) is 18.2 Å². The van der Waals surface area contributed by atoms with Crippen LogP contribution < -0.4 is 10.7 Å². The Morgan fingerprint density at radius 2 is 2.18 bits per heavy atom. The molecule has 0 saturated heterocycles. The van der Waals surface area contributed by atoms with Gasteiger partial charge >= 0.3 is 0 Å². The van der Waals surface area contributed by atoms with Crippen LogP contribution in [0.4, 0.5) is 0 Å². The zero-order chi connectivity index (χ0) is 12.4. The number of hydrogen-bond donors (Lipinski definition) is 2. The summed E-state index contributed by atoms with van der Waals surface area (Å²) in [6.45, 7) is 0. The lowest BCUT2D eigenvalue weighted by Crippen LogP contribution is -2.18. The number of fused-ring (bicyclic) bond motifs is 1. The van der Waals surface area contributed by atoms with E-state index in [0.29, 0.717) is 22.2 Å². The van der Waals surface area contributed by atoms with Crippen LogP contribution in [-0.4, -0.2) is 17.9 Å². The molecule has 2 rings (SSSR count). The number of carbonyl (C=O) groups excluding carboxylic acids is 1. The highest BCUT2D eigenvalue weighted by atomic mass is 35.5. The molecule has 2 aromatic rings. The van der Waals surface area contributed by atoms with Crippen molar-refractivity contribution in [1.29, 1.82) is 0 Å². The zero-order valence-corrected chi connectivity index (χ0v) is 9.97. The van der Waals surface area contributed by atoms with Crippen molar-refractivity contribution in [2.75, 3.05) is 7.05 Å². The summed E-state index contributed by atoms with van der Waals surface area (Å²) >= 11 is 5.67. The topological polar surface area (TPSA) is 62.0 Å². The minimum atomic E-state index is -0.215. The first-order chi connectivity index (χ1) is 8.15. The lowest BCUT2D eigenvalue weighted by atomic mass is 10.1. The van der Waals surface area contributed by atoms with E-state index in [9.17, 15) is 9.59 Å². The fourth-order valence-corrected chi connectivity index (χ4v) is 1.80. The monoisotopic (exact) mass is 250 g/mol. The second kappa shape index (κ2) is 4.59. The molecule has 0 bridgehead atoms. The van der Waals surface area contributed by atoms with E-state index < -0.39 is 0 Å². The molecule has 1 aromatic heterocycles. The number of alkyl halides is 1. The average molecular weight is 251 g/mol. The summed E-state index contributed by atoms with van der Waals surface area (Å²) < 4.78 is 0. The predicted octanol–water partition coefficient (Wildman–Crippen LogP) is 1.63. The van der Waals surface area contributed by atoms with Gasteiger partial charge in [-0.2, -0.15) is 0 Å². The summed E-state index contributed by atoms with van der Waals surface area (Å²) in [5.41, 5.74) is 1.67. The Balaban J connectivity index is 2.67. The molecule has 0 unspecified atom stereocenters. The van der Waals surface area contributed by atoms with E-state index in [-0.39, 0.29) is 17.2 Å². The van der Waals surface area contributed by atoms with Gasteiger partial charge in [-0.3, -0.25) is 9.59 Å². The fraction of sp³-hybridized carbons (Fsp3) is 0.167. The van der Waals surface area contributed by atoms with Crippen LogP contribution in [0.3, 0.4) is 0 Å². The number of nitrogens with one attached hydrogen (secondary N) is 2. The van der Waals surface area contributed by atoms with Crippen molar-refractivity contribution in [3.8, 4) is 0 Å². The minimum absolute atomic E-state index is 0.139. The lowest BCUT2D eigenvalue weighted by molar-refractivity contribution is 0.0963. The molecule has 4 nitrogen and oxygen atoms in total. The molecule has 1 aromatic carbocycles.